The van der Waals surface area contributed by atoms with Crippen LogP contribution in [0.4, 0.5) is 4.39 Å². The Bertz CT molecular complexity index is 473. The van der Waals surface area contributed by atoms with Gasteiger partial charge in [0.1, 0.15) is 0 Å². The molecule has 2 atom stereocenters. The maximum atomic E-state index is 15.2. The van der Waals surface area contributed by atoms with E-state index in [4.69, 9.17) is 0 Å². The van der Waals surface area contributed by atoms with E-state index in [1.54, 1.807) is 11.6 Å². The van der Waals surface area contributed by atoms with Gasteiger partial charge in [0.2, 0.25) is 0 Å². The first-order valence-electron chi connectivity index (χ1n) is 6.19. The summed E-state index contributed by atoms with van der Waals surface area (Å²) in [5, 5.41) is 4.40. The van der Waals surface area contributed by atoms with E-state index in [1.165, 1.54) is 5.92 Å². The molecule has 0 saturated carbocycles. The van der Waals surface area contributed by atoms with Crippen LogP contribution in [0, 0.1) is 12.8 Å². The first-order chi connectivity index (χ1) is 8.19. The smallest absolute Gasteiger partial charge is 0.337 e. The number of hydrogen-bond acceptors (Lipinski definition) is 2. The molecule has 1 aliphatic rings. The quantitative estimate of drug-likeness (QED) is 0.221. The van der Waals surface area contributed by atoms with Gasteiger partial charge in [0.05, 0.1) is 0 Å². The van der Waals surface area contributed by atoms with Gasteiger partial charge >= 0.3 is 51.4 Å². The van der Waals surface area contributed by atoms with Crippen molar-refractivity contribution in [2.45, 2.75) is 50.5 Å². The van der Waals surface area contributed by atoms with Crippen molar-refractivity contribution in [1.82, 2.24) is 14.7 Å². The number of aromatic nitrogens is 2. The van der Waals surface area contributed by atoms with Crippen LogP contribution in [-0.2, 0) is 12.8 Å². The Kier molecular flexibility index (Phi) is 6.02. The Morgan fingerprint density at radius 2 is 2.00 bits per heavy atom. The Balaban J connectivity index is 0.00000180. The zero-order valence-corrected chi connectivity index (χ0v) is 18.0. The topological polar surface area (TPSA) is 21.1 Å². The fourth-order valence-electron chi connectivity index (χ4n) is 2.81. The second-order valence-electron chi connectivity index (χ2n) is 5.41. The summed E-state index contributed by atoms with van der Waals surface area (Å²) in [6.45, 7) is 9.75. The predicted molar refractivity (Wildman–Crippen MR) is 79.2 cm³/mol. The van der Waals surface area contributed by atoms with E-state index < -0.39 is 5.79 Å². The van der Waals surface area contributed by atoms with Crippen LogP contribution >= 0.6 is 22.6 Å². The molecule has 2 unspecified atom stereocenters. The Morgan fingerprint density at radius 1 is 1.47 bits per heavy atom. The first kappa shape index (κ1) is 18.4. The van der Waals surface area contributed by atoms with Crippen molar-refractivity contribution in [3.8, 4) is 0 Å². The van der Waals surface area contributed by atoms with E-state index in [0.29, 0.717) is 5.69 Å². The van der Waals surface area contributed by atoms with Crippen LogP contribution in [0.2, 0.25) is 0 Å². The summed E-state index contributed by atoms with van der Waals surface area (Å²) >= 11 is 2.32. The van der Waals surface area contributed by atoms with Gasteiger partial charge in [-0.15, -0.1) is 11.5 Å². The van der Waals surface area contributed by atoms with E-state index in [2.05, 4.69) is 34.6 Å². The minimum atomic E-state index is -1.51. The van der Waals surface area contributed by atoms with Gasteiger partial charge in [-0.3, -0.25) is 10.00 Å². The molecule has 0 spiro atoms. The first-order valence-corrected chi connectivity index (χ1v) is 7.43. The van der Waals surface area contributed by atoms with Gasteiger partial charge in [-0.1, -0.05) is 42.1 Å². The van der Waals surface area contributed by atoms with Gasteiger partial charge in [0.15, 0.2) is 5.79 Å². The van der Waals surface area contributed by atoms with Gasteiger partial charge in [-0.2, -0.15) is 0 Å². The number of nitrogens with zero attached hydrogens (tertiary/aromatic N) is 3. The SMILES string of the molecule is Cc1c2c(nn1C)C(C)(F)N(C(C)C)C(I)[C-]2C.[K+]. The molecule has 0 aliphatic carbocycles. The summed E-state index contributed by atoms with van der Waals surface area (Å²) in [4.78, 5) is 1.89. The minimum Gasteiger partial charge on any atom is -0.337 e. The summed E-state index contributed by atoms with van der Waals surface area (Å²) in [5.41, 5.74) is 2.59. The van der Waals surface area contributed by atoms with Crippen molar-refractivity contribution in [3.63, 3.8) is 0 Å². The number of hydrogen-bond donors (Lipinski definition) is 0. The van der Waals surface area contributed by atoms with Crippen LogP contribution in [0.25, 0.3) is 0 Å². The maximum absolute atomic E-state index is 15.2. The molecule has 3 nitrogen and oxygen atoms in total. The second kappa shape index (κ2) is 6.22. The van der Waals surface area contributed by atoms with E-state index in [1.807, 2.05) is 32.7 Å². The monoisotopic (exact) mass is 403 g/mol. The van der Waals surface area contributed by atoms with Gasteiger partial charge < -0.3 is 4.68 Å². The molecular formula is C13H20FIKN3. The molecule has 6 heteroatoms. The van der Waals surface area contributed by atoms with Crippen molar-refractivity contribution in [2.75, 3.05) is 0 Å². The summed E-state index contributed by atoms with van der Waals surface area (Å²) in [5.74, 6) is -0.319. The number of aryl methyl sites for hydroxylation is 1. The van der Waals surface area contributed by atoms with E-state index in [0.717, 1.165) is 11.3 Å². The number of halogens is 2. The zero-order chi connectivity index (χ0) is 13.8. The summed E-state index contributed by atoms with van der Waals surface area (Å²) in [7, 11) is 1.87. The van der Waals surface area contributed by atoms with Gasteiger partial charge in [-0.05, 0) is 20.8 Å². The van der Waals surface area contributed by atoms with E-state index in [-0.39, 0.29) is 61.5 Å². The molecule has 0 fully saturated rings. The molecule has 0 amide bonds. The van der Waals surface area contributed by atoms with Crippen LogP contribution in [0.1, 0.15) is 44.6 Å². The molecule has 1 aromatic rings. The third-order valence-electron chi connectivity index (χ3n) is 3.80. The largest absolute Gasteiger partial charge is 1.00 e. The molecule has 2 heterocycles. The van der Waals surface area contributed by atoms with Crippen molar-refractivity contribution in [3.05, 3.63) is 22.9 Å². The molecule has 1 aromatic heterocycles. The molecule has 0 aromatic carbocycles. The summed E-state index contributed by atoms with van der Waals surface area (Å²) in [6.07, 6.45) is 0. The number of alkyl halides is 2. The van der Waals surface area contributed by atoms with Crippen molar-refractivity contribution in [1.29, 1.82) is 0 Å². The third kappa shape index (κ3) is 2.83. The third-order valence-corrected chi connectivity index (χ3v) is 5.34. The fourth-order valence-corrected chi connectivity index (χ4v) is 4.29. The van der Waals surface area contributed by atoms with Crippen molar-refractivity contribution >= 4 is 22.6 Å². The minimum absolute atomic E-state index is 0. The van der Waals surface area contributed by atoms with Crippen LogP contribution in [-0.4, -0.2) is 24.8 Å². The second-order valence-corrected chi connectivity index (χ2v) is 6.59. The number of rotatable bonds is 1. The molecule has 0 radical (unpaired) electrons. The molecule has 19 heavy (non-hydrogen) atoms. The normalized spacial score (nSPS) is 27.4. The average Bonchev–Trinajstić information content (AvgIpc) is 2.53. The molecule has 0 bridgehead atoms. The molecule has 0 saturated heterocycles. The molecular weight excluding hydrogens is 383 g/mol. The zero-order valence-electron chi connectivity index (χ0n) is 12.8. The average molecular weight is 403 g/mol. The number of fused-ring (bicyclic) bond motifs is 1. The van der Waals surface area contributed by atoms with E-state index >= 15 is 4.39 Å². The maximum Gasteiger partial charge on any atom is 1.00 e. The molecule has 2 rings (SSSR count). The Morgan fingerprint density at radius 3 is 2.47 bits per heavy atom. The van der Waals surface area contributed by atoms with Crippen LogP contribution in [0.3, 0.4) is 0 Å². The standard InChI is InChI=1S/C13H20FIN3.K/c1-7(2)18-12(15)8(3)10-9(4)17(6)16-11(10)13(18,5)14;/h7,12H,1-6H3;/q-1;+1. The van der Waals surface area contributed by atoms with Crippen molar-refractivity contribution in [2.24, 2.45) is 7.05 Å². The predicted octanol–water partition coefficient (Wildman–Crippen LogP) is 0.302. The van der Waals surface area contributed by atoms with Crippen LogP contribution in [0.5, 0.6) is 0 Å². The van der Waals surface area contributed by atoms with Crippen molar-refractivity contribution < 1.29 is 55.8 Å². The summed E-state index contributed by atoms with van der Waals surface area (Å²) < 4.78 is 17.1. The van der Waals surface area contributed by atoms with Gasteiger partial charge in [-0.25, -0.2) is 4.39 Å². The van der Waals surface area contributed by atoms with Gasteiger partial charge in [0, 0.05) is 22.8 Å². The van der Waals surface area contributed by atoms with E-state index in [9.17, 15) is 0 Å². The van der Waals surface area contributed by atoms with Crippen LogP contribution < -0.4 is 51.4 Å². The van der Waals surface area contributed by atoms with Crippen LogP contribution in [0.15, 0.2) is 0 Å². The molecule has 102 valence electrons. The molecule has 0 N–H and O–H groups in total. The molecule has 1 aliphatic heterocycles. The Hall–Kier alpha value is 1.34. The summed E-state index contributed by atoms with van der Waals surface area (Å²) in [6, 6.07) is 0.132. The Labute approximate surface area is 171 Å². The fraction of sp³-hybridized carbons (Fsp3) is 0.692. The van der Waals surface area contributed by atoms with Gasteiger partial charge in [0.25, 0.3) is 0 Å².